The standard InChI is InChI=1S/C25H28N4O/c30-27-16-23-7-4-12-29(23)17-22-14-21-13-20(8-9-24(21)28-22)25-15-19(10-11-26-25)18-5-2-1-3-6-18/h5,8-11,13-15,23,28H,1-4,6-7,12,16-17H2/t23-/m1/s1. The SMILES string of the molecule is O=NC[C@H]1CCCN1Cc1cc2cc(-c3cc(C4=CCCCC4)ccn3)ccc2[nH]1. The molecule has 1 aromatic carbocycles. The summed E-state index contributed by atoms with van der Waals surface area (Å²) in [5.41, 5.74) is 7.27. The predicted octanol–water partition coefficient (Wildman–Crippen LogP) is 5.92. The van der Waals surface area contributed by atoms with Crippen molar-refractivity contribution >= 4 is 16.5 Å². The van der Waals surface area contributed by atoms with Gasteiger partial charge < -0.3 is 4.98 Å². The molecule has 1 fully saturated rings. The van der Waals surface area contributed by atoms with Crippen molar-refractivity contribution in [3.8, 4) is 11.3 Å². The van der Waals surface area contributed by atoms with Crippen LogP contribution >= 0.6 is 0 Å². The van der Waals surface area contributed by atoms with Gasteiger partial charge in [0.1, 0.15) is 0 Å². The monoisotopic (exact) mass is 400 g/mol. The van der Waals surface area contributed by atoms with Gasteiger partial charge >= 0.3 is 0 Å². The molecule has 0 saturated carbocycles. The van der Waals surface area contributed by atoms with Crippen LogP contribution in [0.4, 0.5) is 0 Å². The van der Waals surface area contributed by atoms with Crippen LogP contribution in [0.1, 0.15) is 49.8 Å². The summed E-state index contributed by atoms with van der Waals surface area (Å²) < 4.78 is 0. The number of benzene rings is 1. The van der Waals surface area contributed by atoms with Crippen LogP contribution in [0.3, 0.4) is 0 Å². The van der Waals surface area contributed by atoms with Gasteiger partial charge in [-0.05, 0) is 86.5 Å². The summed E-state index contributed by atoms with van der Waals surface area (Å²) in [7, 11) is 0. The molecule has 3 heterocycles. The molecule has 154 valence electrons. The fourth-order valence-corrected chi connectivity index (χ4v) is 4.94. The number of rotatable bonds is 6. The van der Waals surface area contributed by atoms with Crippen molar-refractivity contribution in [2.45, 2.75) is 51.1 Å². The fourth-order valence-electron chi connectivity index (χ4n) is 4.94. The zero-order valence-corrected chi connectivity index (χ0v) is 17.3. The Morgan fingerprint density at radius 3 is 2.93 bits per heavy atom. The quantitative estimate of drug-likeness (QED) is 0.523. The van der Waals surface area contributed by atoms with Gasteiger partial charge in [-0.3, -0.25) is 9.88 Å². The molecular weight excluding hydrogens is 372 g/mol. The molecule has 0 bridgehead atoms. The molecule has 5 nitrogen and oxygen atoms in total. The molecule has 1 saturated heterocycles. The van der Waals surface area contributed by atoms with E-state index in [1.54, 1.807) is 0 Å². The normalized spacial score (nSPS) is 19.9. The number of aromatic nitrogens is 2. The molecule has 1 aliphatic heterocycles. The predicted molar refractivity (Wildman–Crippen MR) is 122 cm³/mol. The average Bonchev–Trinajstić information content (AvgIpc) is 3.40. The third-order valence-corrected chi connectivity index (χ3v) is 6.55. The highest BCUT2D eigenvalue weighted by molar-refractivity contribution is 5.85. The number of pyridine rings is 1. The van der Waals surface area contributed by atoms with Crippen LogP contribution in [-0.2, 0) is 6.54 Å². The van der Waals surface area contributed by atoms with E-state index in [0.717, 1.165) is 42.7 Å². The third-order valence-electron chi connectivity index (χ3n) is 6.55. The van der Waals surface area contributed by atoms with Crippen LogP contribution in [0.25, 0.3) is 27.7 Å². The highest BCUT2D eigenvalue weighted by Crippen LogP contribution is 2.30. The molecule has 1 atom stereocenters. The molecule has 5 rings (SSSR count). The number of nitrogens with one attached hydrogen (secondary N) is 1. The second kappa shape index (κ2) is 8.52. The first kappa shape index (κ1) is 19.2. The number of hydrogen-bond donors (Lipinski definition) is 1. The van der Waals surface area contributed by atoms with E-state index in [-0.39, 0.29) is 6.04 Å². The van der Waals surface area contributed by atoms with Gasteiger partial charge in [0, 0.05) is 40.9 Å². The molecule has 0 spiro atoms. The van der Waals surface area contributed by atoms with E-state index in [0.29, 0.717) is 6.54 Å². The highest BCUT2D eigenvalue weighted by atomic mass is 16.3. The maximum absolute atomic E-state index is 10.7. The number of allylic oxidation sites excluding steroid dienone is 2. The average molecular weight is 401 g/mol. The summed E-state index contributed by atoms with van der Waals surface area (Å²) in [6.45, 7) is 2.27. The summed E-state index contributed by atoms with van der Waals surface area (Å²) in [5, 5.41) is 4.33. The van der Waals surface area contributed by atoms with E-state index in [2.05, 4.69) is 62.5 Å². The van der Waals surface area contributed by atoms with Crippen LogP contribution in [0.15, 0.2) is 53.8 Å². The van der Waals surface area contributed by atoms with E-state index in [1.807, 2.05) is 6.20 Å². The van der Waals surface area contributed by atoms with Crippen LogP contribution in [0, 0.1) is 4.91 Å². The summed E-state index contributed by atoms with van der Waals surface area (Å²) in [5.74, 6) is 0. The molecule has 5 heteroatoms. The number of likely N-dealkylation sites (tertiary alicyclic amines) is 1. The molecule has 0 unspecified atom stereocenters. The summed E-state index contributed by atoms with van der Waals surface area (Å²) in [6, 6.07) is 13.4. The van der Waals surface area contributed by atoms with Crippen molar-refractivity contribution < 1.29 is 0 Å². The lowest BCUT2D eigenvalue weighted by molar-refractivity contribution is 0.248. The van der Waals surface area contributed by atoms with E-state index in [9.17, 15) is 4.91 Å². The minimum absolute atomic E-state index is 0.283. The van der Waals surface area contributed by atoms with Gasteiger partial charge in [-0.1, -0.05) is 17.3 Å². The van der Waals surface area contributed by atoms with Gasteiger partial charge in [0.05, 0.1) is 12.2 Å². The van der Waals surface area contributed by atoms with Gasteiger partial charge in [-0.25, -0.2) is 0 Å². The Kier molecular flexibility index (Phi) is 5.45. The van der Waals surface area contributed by atoms with Gasteiger partial charge in [0.15, 0.2) is 0 Å². The molecule has 2 aromatic heterocycles. The first-order valence-corrected chi connectivity index (χ1v) is 11.1. The zero-order valence-electron chi connectivity index (χ0n) is 17.3. The summed E-state index contributed by atoms with van der Waals surface area (Å²) in [6.07, 6.45) is 11.5. The van der Waals surface area contributed by atoms with Crippen molar-refractivity contribution in [1.29, 1.82) is 0 Å². The van der Waals surface area contributed by atoms with Crippen molar-refractivity contribution in [2.24, 2.45) is 5.18 Å². The molecule has 1 aliphatic carbocycles. The lowest BCUT2D eigenvalue weighted by Crippen LogP contribution is -2.31. The largest absolute Gasteiger partial charge is 0.357 e. The Morgan fingerprint density at radius 1 is 1.10 bits per heavy atom. The second-order valence-electron chi connectivity index (χ2n) is 8.58. The molecule has 30 heavy (non-hydrogen) atoms. The van der Waals surface area contributed by atoms with Crippen molar-refractivity contribution in [2.75, 3.05) is 13.1 Å². The van der Waals surface area contributed by atoms with Gasteiger partial charge in [0.2, 0.25) is 0 Å². The van der Waals surface area contributed by atoms with E-state index >= 15 is 0 Å². The summed E-state index contributed by atoms with van der Waals surface area (Å²) in [4.78, 5) is 21.3. The topological polar surface area (TPSA) is 61.4 Å². The highest BCUT2D eigenvalue weighted by Gasteiger charge is 2.25. The number of fused-ring (bicyclic) bond motifs is 1. The Bertz CT molecular complexity index is 1080. The number of nitrogens with zero attached hydrogens (tertiary/aromatic N) is 3. The van der Waals surface area contributed by atoms with Crippen molar-refractivity contribution in [3.05, 3.63) is 64.8 Å². The Morgan fingerprint density at radius 2 is 2.07 bits per heavy atom. The van der Waals surface area contributed by atoms with E-state index in [1.165, 1.54) is 47.9 Å². The van der Waals surface area contributed by atoms with Crippen LogP contribution in [0.2, 0.25) is 0 Å². The van der Waals surface area contributed by atoms with E-state index in [4.69, 9.17) is 0 Å². The lowest BCUT2D eigenvalue weighted by Gasteiger charge is -2.21. The van der Waals surface area contributed by atoms with Crippen LogP contribution < -0.4 is 0 Å². The lowest BCUT2D eigenvalue weighted by atomic mass is 9.93. The molecule has 0 radical (unpaired) electrons. The molecule has 2 aliphatic rings. The minimum atomic E-state index is 0.283. The molecule has 1 N–H and O–H groups in total. The van der Waals surface area contributed by atoms with Gasteiger partial charge in [0.25, 0.3) is 0 Å². The molecule has 3 aromatic rings. The van der Waals surface area contributed by atoms with Crippen molar-refractivity contribution in [1.82, 2.24) is 14.9 Å². The number of aromatic amines is 1. The zero-order chi connectivity index (χ0) is 20.3. The Balaban J connectivity index is 1.39. The molecular formula is C25H28N4O. The van der Waals surface area contributed by atoms with Crippen LogP contribution in [-0.4, -0.2) is 34.0 Å². The number of hydrogen-bond acceptors (Lipinski definition) is 4. The second-order valence-corrected chi connectivity index (χ2v) is 8.58. The Hall–Kier alpha value is -2.79. The first-order valence-electron chi connectivity index (χ1n) is 11.1. The third kappa shape index (κ3) is 3.94. The van der Waals surface area contributed by atoms with Crippen LogP contribution in [0.5, 0.6) is 0 Å². The number of nitroso groups, excluding NO2 is 1. The number of H-pyrrole nitrogens is 1. The molecule has 0 amide bonds. The van der Waals surface area contributed by atoms with E-state index < -0.39 is 0 Å². The maximum Gasteiger partial charge on any atom is 0.0966 e. The van der Waals surface area contributed by atoms with Crippen molar-refractivity contribution in [3.63, 3.8) is 0 Å². The summed E-state index contributed by atoms with van der Waals surface area (Å²) >= 11 is 0. The first-order chi connectivity index (χ1) is 14.8. The minimum Gasteiger partial charge on any atom is -0.357 e. The maximum atomic E-state index is 10.7. The Labute approximate surface area is 177 Å². The fraction of sp³-hybridized carbons (Fsp3) is 0.400. The smallest absolute Gasteiger partial charge is 0.0966 e. The van der Waals surface area contributed by atoms with Gasteiger partial charge in [-0.2, -0.15) is 4.91 Å². The van der Waals surface area contributed by atoms with Gasteiger partial charge in [-0.15, -0.1) is 0 Å².